The van der Waals surface area contributed by atoms with Crippen LogP contribution in [0.15, 0.2) is 60.2 Å². The van der Waals surface area contributed by atoms with E-state index in [1.54, 1.807) is 37.8 Å². The highest BCUT2D eigenvalue weighted by Crippen LogP contribution is 2.36. The van der Waals surface area contributed by atoms with Gasteiger partial charge in [0.2, 0.25) is 23.7 Å². The molecule has 0 bridgehead atoms. The predicted molar refractivity (Wildman–Crippen MR) is 280 cm³/mol. The SMILES string of the molecule is COc1cc(OC)cc(-c2cc3cnc(NCCCN4CCN(CC(=O)NC(C(=O)N5C[C@H](O)C[C@H]5C(=O)NC(C)c5ccc(-c6scnc6C)cc5)C(C)(C)C)CC4)nc3nc2NC(=O)NC(C)(C)C)c1. The van der Waals surface area contributed by atoms with Crippen LogP contribution in [0.5, 0.6) is 11.5 Å². The topological polar surface area (TPSA) is 228 Å². The van der Waals surface area contributed by atoms with Crippen LogP contribution in [0.3, 0.4) is 0 Å². The molecule has 6 N–H and O–H groups in total. The molecule has 0 spiro atoms. The summed E-state index contributed by atoms with van der Waals surface area (Å²) in [4.78, 5) is 80.0. The highest BCUT2D eigenvalue weighted by molar-refractivity contribution is 7.13. The molecule has 2 aromatic carbocycles. The molecular formula is C52H70N12O7S. The maximum Gasteiger partial charge on any atom is 0.320 e. The van der Waals surface area contributed by atoms with Crippen LogP contribution in [-0.4, -0.2) is 154 Å². The number of urea groups is 1. The van der Waals surface area contributed by atoms with E-state index in [0.717, 1.165) is 53.3 Å². The van der Waals surface area contributed by atoms with Gasteiger partial charge in [-0.1, -0.05) is 45.0 Å². The zero-order chi connectivity index (χ0) is 51.9. The standard InChI is InChI=1S/C52H70N12O7S/c1-31(33-12-14-34(15-13-33)43-32(2)55-30-72-43)56-47(67)41-25-37(65)28-64(41)48(68)44(51(3,4)5)57-42(66)29-63-20-18-62(19-21-63)17-11-16-53-49-54-27-36-24-40(35-22-38(70-9)26-39(23-35)71-10)46(58-45(36)59-49)60-50(69)61-52(6,7)8/h12-15,22-24,26-27,30-31,37,41,44,65H,11,16-21,25,28-29H2,1-10H3,(H,56,67)(H,57,66)(H3,53,54,58,59,60,61,69)/t31?,37-,41+,44?/m1/s1. The zero-order valence-electron chi connectivity index (χ0n) is 43.1. The van der Waals surface area contributed by atoms with Crippen LogP contribution in [0.2, 0.25) is 0 Å². The van der Waals surface area contributed by atoms with Gasteiger partial charge in [-0.25, -0.2) is 19.7 Å². The van der Waals surface area contributed by atoms with Crippen LogP contribution in [-0.2, 0) is 14.4 Å². The number of nitrogens with zero attached hydrogens (tertiary/aromatic N) is 7. The number of aryl methyl sites for hydroxylation is 1. The number of anilines is 2. The van der Waals surface area contributed by atoms with Gasteiger partial charge in [0.1, 0.15) is 29.4 Å². The van der Waals surface area contributed by atoms with Crippen molar-refractivity contribution in [3.8, 4) is 33.1 Å². The van der Waals surface area contributed by atoms with Crippen molar-refractivity contribution in [1.29, 1.82) is 0 Å². The number of carbonyl (C=O) groups excluding carboxylic acids is 4. The summed E-state index contributed by atoms with van der Waals surface area (Å²) in [5.41, 5.74) is 5.37. The maximum atomic E-state index is 14.3. The number of aromatic nitrogens is 4. The number of likely N-dealkylation sites (tertiary alicyclic amines) is 1. The Kier molecular flexibility index (Phi) is 17.0. The number of methoxy groups -OCH3 is 2. The van der Waals surface area contributed by atoms with Gasteiger partial charge in [0.15, 0.2) is 5.65 Å². The zero-order valence-corrected chi connectivity index (χ0v) is 43.9. The number of aliphatic hydroxyl groups excluding tert-OH is 1. The van der Waals surface area contributed by atoms with Gasteiger partial charge in [-0.3, -0.25) is 24.6 Å². The summed E-state index contributed by atoms with van der Waals surface area (Å²) in [6, 6.07) is 12.8. The van der Waals surface area contributed by atoms with Gasteiger partial charge in [-0.2, -0.15) is 4.98 Å². The lowest BCUT2D eigenvalue weighted by molar-refractivity contribution is -0.144. The van der Waals surface area contributed by atoms with Gasteiger partial charge in [-0.15, -0.1) is 11.3 Å². The van der Waals surface area contributed by atoms with Crippen molar-refractivity contribution < 1.29 is 33.8 Å². The molecule has 2 aliphatic heterocycles. The number of carbonyl (C=O) groups is 4. The summed E-state index contributed by atoms with van der Waals surface area (Å²) in [5, 5.41) is 26.6. The molecule has 2 saturated heterocycles. The number of piperazine rings is 1. The van der Waals surface area contributed by atoms with Crippen LogP contribution in [0.1, 0.15) is 78.6 Å². The van der Waals surface area contributed by atoms with Gasteiger partial charge < -0.3 is 45.6 Å². The van der Waals surface area contributed by atoms with Crippen molar-refractivity contribution in [2.24, 2.45) is 5.41 Å². The van der Waals surface area contributed by atoms with Crippen LogP contribution >= 0.6 is 11.3 Å². The number of ether oxygens (including phenoxy) is 2. The molecule has 3 aromatic heterocycles. The van der Waals surface area contributed by atoms with E-state index in [1.807, 2.05) is 103 Å². The number of rotatable bonds is 17. The molecule has 386 valence electrons. The molecule has 20 heteroatoms. The Morgan fingerprint density at radius 1 is 0.875 bits per heavy atom. The summed E-state index contributed by atoms with van der Waals surface area (Å²) >= 11 is 1.58. The lowest BCUT2D eigenvalue weighted by Crippen LogP contribution is -2.59. The minimum absolute atomic E-state index is 0.00162. The monoisotopic (exact) mass is 1010 g/mol. The largest absolute Gasteiger partial charge is 0.497 e. The first-order valence-corrected chi connectivity index (χ1v) is 25.3. The number of pyridine rings is 1. The average molecular weight is 1010 g/mol. The molecule has 19 nitrogen and oxygen atoms in total. The molecule has 5 amide bonds. The van der Waals surface area contributed by atoms with Gasteiger partial charge >= 0.3 is 6.03 Å². The normalized spacial score (nSPS) is 17.5. The van der Waals surface area contributed by atoms with Crippen molar-refractivity contribution in [2.75, 3.05) is 77.2 Å². The number of aliphatic hydroxyl groups is 1. The number of fused-ring (bicyclic) bond motifs is 1. The lowest BCUT2D eigenvalue weighted by Gasteiger charge is -2.37. The average Bonchev–Trinajstić information content (AvgIpc) is 3.96. The molecule has 5 heterocycles. The molecule has 2 aliphatic rings. The molecule has 2 unspecified atom stereocenters. The van der Waals surface area contributed by atoms with Gasteiger partial charge in [0.05, 0.1) is 49.0 Å². The van der Waals surface area contributed by atoms with E-state index in [1.165, 1.54) is 4.90 Å². The number of hydrogen-bond donors (Lipinski definition) is 6. The van der Waals surface area contributed by atoms with Crippen LogP contribution < -0.4 is 36.1 Å². The maximum absolute atomic E-state index is 14.3. The first-order valence-electron chi connectivity index (χ1n) is 24.5. The number of thiazole rings is 1. The quantitative estimate of drug-likeness (QED) is 0.0601. The minimum Gasteiger partial charge on any atom is -0.497 e. The highest BCUT2D eigenvalue weighted by atomic mass is 32.1. The molecule has 5 aromatic rings. The van der Waals surface area contributed by atoms with E-state index in [9.17, 15) is 24.3 Å². The van der Waals surface area contributed by atoms with Gasteiger partial charge in [0.25, 0.3) is 0 Å². The third-order valence-corrected chi connectivity index (χ3v) is 13.8. The van der Waals surface area contributed by atoms with Crippen molar-refractivity contribution in [3.63, 3.8) is 0 Å². The summed E-state index contributed by atoms with van der Waals surface area (Å²) in [5.74, 6) is 0.875. The van der Waals surface area contributed by atoms with Crippen molar-refractivity contribution in [2.45, 2.75) is 98.0 Å². The Bertz CT molecular complexity index is 2690. The summed E-state index contributed by atoms with van der Waals surface area (Å²) in [7, 11) is 3.15. The second-order valence-electron chi connectivity index (χ2n) is 20.7. The Morgan fingerprint density at radius 2 is 1.56 bits per heavy atom. The highest BCUT2D eigenvalue weighted by Gasteiger charge is 2.45. The Hall–Kier alpha value is -6.48. The number of amides is 5. The number of nitrogens with one attached hydrogen (secondary N) is 5. The number of hydrogen-bond acceptors (Lipinski definition) is 15. The van der Waals surface area contributed by atoms with Crippen LogP contribution in [0.25, 0.3) is 32.6 Å². The van der Waals surface area contributed by atoms with E-state index in [2.05, 4.69) is 51.3 Å². The molecule has 7 rings (SSSR count). The fourth-order valence-corrected chi connectivity index (χ4v) is 9.72. The molecule has 0 saturated carbocycles. The summed E-state index contributed by atoms with van der Waals surface area (Å²) in [6.45, 7) is 19.6. The molecule has 0 radical (unpaired) electrons. The van der Waals surface area contributed by atoms with E-state index in [4.69, 9.17) is 14.5 Å². The lowest BCUT2D eigenvalue weighted by atomic mass is 9.85. The smallest absolute Gasteiger partial charge is 0.320 e. The predicted octanol–water partition coefficient (Wildman–Crippen LogP) is 5.85. The van der Waals surface area contributed by atoms with E-state index in [-0.39, 0.29) is 37.4 Å². The van der Waals surface area contributed by atoms with Crippen molar-refractivity contribution in [3.05, 3.63) is 71.5 Å². The first kappa shape index (κ1) is 53.3. The minimum atomic E-state index is -0.915. The van der Waals surface area contributed by atoms with Crippen molar-refractivity contribution in [1.82, 2.24) is 50.6 Å². The number of benzene rings is 2. The Labute approximate surface area is 425 Å². The fraction of sp³-hybridized carbons (Fsp3) is 0.500. The van der Waals surface area contributed by atoms with Crippen molar-refractivity contribution >= 4 is 57.9 Å². The second kappa shape index (κ2) is 22.9. The van der Waals surface area contributed by atoms with E-state index < -0.39 is 41.1 Å². The van der Waals surface area contributed by atoms with Crippen LogP contribution in [0, 0.1) is 12.3 Å². The fourth-order valence-electron chi connectivity index (χ4n) is 8.91. The van der Waals surface area contributed by atoms with E-state index >= 15 is 0 Å². The second-order valence-corrected chi connectivity index (χ2v) is 21.6. The summed E-state index contributed by atoms with van der Waals surface area (Å²) in [6.07, 6.45) is 1.75. The third-order valence-electron chi connectivity index (χ3n) is 12.8. The Balaban J connectivity index is 0.890. The first-order chi connectivity index (χ1) is 34.2. The Morgan fingerprint density at radius 3 is 2.18 bits per heavy atom. The molecule has 72 heavy (non-hydrogen) atoms. The van der Waals surface area contributed by atoms with Gasteiger partial charge in [0, 0.05) is 74.4 Å². The number of β-amino-alcohol motifs (C(OH)–C–C–N with tert-alkyl or cyclic N) is 1. The molecular weight excluding hydrogens is 937 g/mol. The molecule has 0 aliphatic carbocycles. The summed E-state index contributed by atoms with van der Waals surface area (Å²) < 4.78 is 11.0. The van der Waals surface area contributed by atoms with Gasteiger partial charge in [-0.05, 0) is 87.9 Å². The molecule has 4 atom stereocenters. The van der Waals surface area contributed by atoms with Crippen LogP contribution in [0.4, 0.5) is 16.6 Å². The van der Waals surface area contributed by atoms with E-state index in [0.29, 0.717) is 59.5 Å². The third kappa shape index (κ3) is 13.7. The molecule has 2 fully saturated rings.